The van der Waals surface area contributed by atoms with Gasteiger partial charge >= 0.3 is 5.97 Å². The molecule has 0 radical (unpaired) electrons. The third-order valence-corrected chi connectivity index (χ3v) is 4.68. The number of carbonyl (C=O) groups excluding carboxylic acids is 2. The van der Waals surface area contributed by atoms with Crippen LogP contribution in [0, 0.1) is 5.92 Å². The highest BCUT2D eigenvalue weighted by atomic mass is 16.5. The SMILES string of the molecule is COc1ccc(C(=O)CCCC(=O)N2CCC(C)CC2C(=O)O)cc1. The Kier molecular flexibility index (Phi) is 6.56. The fourth-order valence-electron chi connectivity index (χ4n) is 3.14. The van der Waals surface area contributed by atoms with E-state index in [0.717, 1.165) is 6.42 Å². The fraction of sp³-hybridized carbons (Fsp3) is 0.526. The molecule has 0 bridgehead atoms. The summed E-state index contributed by atoms with van der Waals surface area (Å²) < 4.78 is 5.06. The summed E-state index contributed by atoms with van der Waals surface area (Å²) in [6.07, 6.45) is 2.19. The molecule has 0 saturated carbocycles. The number of carboxylic acid groups (broad SMARTS) is 1. The molecule has 0 aromatic heterocycles. The Morgan fingerprint density at radius 3 is 2.48 bits per heavy atom. The second kappa shape index (κ2) is 8.65. The lowest BCUT2D eigenvalue weighted by Crippen LogP contribution is -2.49. The van der Waals surface area contributed by atoms with Crippen molar-refractivity contribution >= 4 is 17.7 Å². The second-order valence-corrected chi connectivity index (χ2v) is 6.58. The predicted octanol–water partition coefficient (Wildman–Crippen LogP) is 2.76. The lowest BCUT2D eigenvalue weighted by atomic mass is 9.92. The zero-order valence-electron chi connectivity index (χ0n) is 14.7. The maximum Gasteiger partial charge on any atom is 0.326 e. The van der Waals surface area contributed by atoms with Gasteiger partial charge in [0.05, 0.1) is 7.11 Å². The maximum atomic E-state index is 12.4. The summed E-state index contributed by atoms with van der Waals surface area (Å²) in [6, 6.07) is 6.12. The Morgan fingerprint density at radius 1 is 1.20 bits per heavy atom. The van der Waals surface area contributed by atoms with Crippen molar-refractivity contribution in [3.8, 4) is 5.75 Å². The van der Waals surface area contributed by atoms with E-state index < -0.39 is 12.0 Å². The number of amides is 1. The van der Waals surface area contributed by atoms with Gasteiger partial charge in [-0.05, 0) is 49.4 Å². The van der Waals surface area contributed by atoms with E-state index in [1.165, 1.54) is 4.90 Å². The number of piperidine rings is 1. The number of methoxy groups -OCH3 is 1. The van der Waals surface area contributed by atoms with Crippen LogP contribution < -0.4 is 4.74 Å². The monoisotopic (exact) mass is 347 g/mol. The molecule has 1 heterocycles. The van der Waals surface area contributed by atoms with E-state index in [9.17, 15) is 19.5 Å². The number of hydrogen-bond donors (Lipinski definition) is 1. The Bertz CT molecular complexity index is 625. The number of likely N-dealkylation sites (tertiary alicyclic amines) is 1. The summed E-state index contributed by atoms with van der Waals surface area (Å²) in [5.41, 5.74) is 0.587. The summed E-state index contributed by atoms with van der Waals surface area (Å²) in [5, 5.41) is 9.32. The van der Waals surface area contributed by atoms with Crippen LogP contribution in [0.1, 0.15) is 49.4 Å². The molecule has 1 aliphatic heterocycles. The van der Waals surface area contributed by atoms with Crippen LogP contribution in [0.5, 0.6) is 5.75 Å². The van der Waals surface area contributed by atoms with Gasteiger partial charge in [-0.2, -0.15) is 0 Å². The topological polar surface area (TPSA) is 83.9 Å². The fourth-order valence-corrected chi connectivity index (χ4v) is 3.14. The van der Waals surface area contributed by atoms with Crippen molar-refractivity contribution < 1.29 is 24.2 Å². The molecule has 1 fully saturated rings. The number of rotatable bonds is 7. The predicted molar refractivity (Wildman–Crippen MR) is 92.7 cm³/mol. The number of aliphatic carboxylic acids is 1. The Balaban J connectivity index is 1.84. The molecule has 1 amide bonds. The highest BCUT2D eigenvalue weighted by Gasteiger charge is 2.34. The standard InChI is InChI=1S/C19H25NO5/c1-13-10-11-20(16(12-13)19(23)24)18(22)5-3-4-17(21)14-6-8-15(25-2)9-7-14/h6-9,13,16H,3-5,10-12H2,1-2H3,(H,23,24). The van der Waals surface area contributed by atoms with Gasteiger partial charge in [-0.15, -0.1) is 0 Å². The first-order valence-corrected chi connectivity index (χ1v) is 8.62. The quantitative estimate of drug-likeness (QED) is 0.767. The van der Waals surface area contributed by atoms with Gasteiger partial charge in [-0.3, -0.25) is 9.59 Å². The number of benzene rings is 1. The molecule has 2 atom stereocenters. The molecule has 1 aliphatic rings. The minimum absolute atomic E-state index is 0.0301. The van der Waals surface area contributed by atoms with E-state index >= 15 is 0 Å². The molecule has 0 aliphatic carbocycles. The Morgan fingerprint density at radius 2 is 1.88 bits per heavy atom. The van der Waals surface area contributed by atoms with E-state index in [4.69, 9.17) is 4.74 Å². The van der Waals surface area contributed by atoms with Crippen molar-refractivity contribution in [2.24, 2.45) is 5.92 Å². The Hall–Kier alpha value is -2.37. The lowest BCUT2D eigenvalue weighted by molar-refractivity contribution is -0.153. The lowest BCUT2D eigenvalue weighted by Gasteiger charge is -2.36. The molecule has 6 heteroatoms. The number of Topliss-reactive ketones (excluding diaryl/α,β-unsaturated/α-hetero) is 1. The summed E-state index contributed by atoms with van der Waals surface area (Å²) in [4.78, 5) is 37.3. The van der Waals surface area contributed by atoms with Crippen LogP contribution in [-0.2, 0) is 9.59 Å². The molecule has 1 N–H and O–H groups in total. The molecule has 2 unspecified atom stereocenters. The zero-order valence-corrected chi connectivity index (χ0v) is 14.7. The van der Waals surface area contributed by atoms with Gasteiger partial charge in [0, 0.05) is 24.9 Å². The van der Waals surface area contributed by atoms with E-state index in [0.29, 0.717) is 36.6 Å². The highest BCUT2D eigenvalue weighted by Crippen LogP contribution is 2.24. The molecule has 1 aromatic carbocycles. The molecular weight excluding hydrogens is 322 g/mol. The largest absolute Gasteiger partial charge is 0.497 e. The second-order valence-electron chi connectivity index (χ2n) is 6.58. The molecule has 2 rings (SSSR count). The zero-order chi connectivity index (χ0) is 18.4. The van der Waals surface area contributed by atoms with Gasteiger partial charge < -0.3 is 14.7 Å². The number of ether oxygens (including phenoxy) is 1. The molecule has 136 valence electrons. The smallest absolute Gasteiger partial charge is 0.326 e. The maximum absolute atomic E-state index is 12.4. The van der Waals surface area contributed by atoms with Crippen LogP contribution in [0.25, 0.3) is 0 Å². The van der Waals surface area contributed by atoms with Gasteiger partial charge in [0.25, 0.3) is 0 Å². The number of carbonyl (C=O) groups is 3. The molecule has 0 spiro atoms. The molecule has 1 aromatic rings. The molecule has 6 nitrogen and oxygen atoms in total. The Labute approximate surface area is 147 Å². The first kappa shape index (κ1) is 19.0. The van der Waals surface area contributed by atoms with Crippen molar-refractivity contribution in [2.45, 2.75) is 45.1 Å². The number of carboxylic acids is 1. The van der Waals surface area contributed by atoms with E-state index in [1.54, 1.807) is 31.4 Å². The van der Waals surface area contributed by atoms with Gasteiger partial charge in [0.15, 0.2) is 5.78 Å². The molecule has 25 heavy (non-hydrogen) atoms. The van der Waals surface area contributed by atoms with Crippen molar-refractivity contribution in [2.75, 3.05) is 13.7 Å². The summed E-state index contributed by atoms with van der Waals surface area (Å²) in [7, 11) is 1.56. The summed E-state index contributed by atoms with van der Waals surface area (Å²) in [6.45, 7) is 2.48. The van der Waals surface area contributed by atoms with Crippen molar-refractivity contribution in [1.82, 2.24) is 4.90 Å². The highest BCUT2D eigenvalue weighted by molar-refractivity contribution is 5.96. The van der Waals surface area contributed by atoms with Crippen LogP contribution in [0.15, 0.2) is 24.3 Å². The van der Waals surface area contributed by atoms with Crippen molar-refractivity contribution in [1.29, 1.82) is 0 Å². The van der Waals surface area contributed by atoms with Gasteiger partial charge in [-0.25, -0.2) is 4.79 Å². The normalized spacial score (nSPS) is 20.2. The van der Waals surface area contributed by atoms with Gasteiger partial charge in [-0.1, -0.05) is 6.92 Å². The third kappa shape index (κ3) is 5.05. The van der Waals surface area contributed by atoms with Gasteiger partial charge in [0.2, 0.25) is 5.91 Å². The van der Waals surface area contributed by atoms with Crippen LogP contribution in [-0.4, -0.2) is 47.4 Å². The molecular formula is C19H25NO5. The average Bonchev–Trinajstić information content (AvgIpc) is 2.61. The van der Waals surface area contributed by atoms with Crippen LogP contribution in [0.4, 0.5) is 0 Å². The first-order valence-electron chi connectivity index (χ1n) is 8.62. The van der Waals surface area contributed by atoms with E-state index in [2.05, 4.69) is 0 Å². The number of nitrogens with zero attached hydrogens (tertiary/aromatic N) is 1. The van der Waals surface area contributed by atoms with Crippen LogP contribution in [0.2, 0.25) is 0 Å². The molecule has 1 saturated heterocycles. The van der Waals surface area contributed by atoms with Gasteiger partial charge in [0.1, 0.15) is 11.8 Å². The third-order valence-electron chi connectivity index (χ3n) is 4.68. The van der Waals surface area contributed by atoms with E-state index in [-0.39, 0.29) is 24.5 Å². The summed E-state index contributed by atoms with van der Waals surface area (Å²) in [5.74, 6) is -0.166. The van der Waals surface area contributed by atoms with Crippen LogP contribution in [0.3, 0.4) is 0 Å². The first-order chi connectivity index (χ1) is 11.9. The minimum atomic E-state index is -0.950. The van der Waals surface area contributed by atoms with Crippen LogP contribution >= 0.6 is 0 Å². The van der Waals surface area contributed by atoms with Crippen molar-refractivity contribution in [3.05, 3.63) is 29.8 Å². The average molecular weight is 347 g/mol. The van der Waals surface area contributed by atoms with E-state index in [1.807, 2.05) is 6.92 Å². The minimum Gasteiger partial charge on any atom is -0.497 e. The number of hydrogen-bond acceptors (Lipinski definition) is 4. The van der Waals surface area contributed by atoms with Crippen molar-refractivity contribution in [3.63, 3.8) is 0 Å². The number of ketones is 1. The summed E-state index contributed by atoms with van der Waals surface area (Å²) >= 11 is 0.